The fourth-order valence-corrected chi connectivity index (χ4v) is 1.44. The Morgan fingerprint density at radius 2 is 2.00 bits per heavy atom. The van der Waals surface area contributed by atoms with Gasteiger partial charge in [0.05, 0.1) is 0 Å². The third-order valence-electron chi connectivity index (χ3n) is 2.06. The number of rotatable bonds is 3. The van der Waals surface area contributed by atoms with E-state index in [1.165, 1.54) is 32.1 Å². The van der Waals surface area contributed by atoms with Crippen molar-refractivity contribution in [1.82, 2.24) is 5.32 Å². The minimum absolute atomic E-state index is 0.892. The molecule has 62 valence electrons. The van der Waals surface area contributed by atoms with Gasteiger partial charge in [-0.1, -0.05) is 18.1 Å². The maximum atomic E-state index is 3.65. The van der Waals surface area contributed by atoms with Crippen molar-refractivity contribution in [2.75, 3.05) is 6.54 Å². The second-order valence-corrected chi connectivity index (χ2v) is 3.06. The topological polar surface area (TPSA) is 12.0 Å². The Bertz CT molecular complexity index is 139. The quantitative estimate of drug-likeness (QED) is 0.483. The van der Waals surface area contributed by atoms with Gasteiger partial charge in [-0.25, -0.2) is 0 Å². The first-order chi connectivity index (χ1) is 5.43. The molecule has 1 rings (SSSR count). The highest BCUT2D eigenvalue weighted by atomic mass is 14.8. The van der Waals surface area contributed by atoms with Gasteiger partial charge in [0.15, 0.2) is 0 Å². The molecule has 0 unspecified atom stereocenters. The highest BCUT2D eigenvalue weighted by Crippen LogP contribution is 2.21. The van der Waals surface area contributed by atoms with Gasteiger partial charge in [0, 0.05) is 6.54 Å². The lowest BCUT2D eigenvalue weighted by molar-refractivity contribution is 0.594. The van der Waals surface area contributed by atoms with Crippen molar-refractivity contribution in [3.8, 4) is 0 Å². The normalized spacial score (nSPS) is 17.6. The molecule has 0 spiro atoms. The number of nitrogens with one attached hydrogen (secondary N) is 1. The molecule has 1 aliphatic rings. The van der Waals surface area contributed by atoms with E-state index < -0.39 is 0 Å². The van der Waals surface area contributed by atoms with Gasteiger partial charge in [-0.2, -0.15) is 0 Å². The minimum atomic E-state index is 0.892. The molecule has 1 saturated carbocycles. The van der Waals surface area contributed by atoms with Crippen molar-refractivity contribution >= 4 is 0 Å². The zero-order valence-electron chi connectivity index (χ0n) is 7.10. The molecule has 0 saturated heterocycles. The fraction of sp³-hybridized carbons (Fsp3) is 0.600. The zero-order valence-corrected chi connectivity index (χ0v) is 7.10. The standard InChI is InChI=1S/C10H17N/c1-2-8-11-9-10-6-4-3-5-7-10/h2,9,11H,1,3-8H2. The summed E-state index contributed by atoms with van der Waals surface area (Å²) in [6.07, 6.45) is 10.8. The van der Waals surface area contributed by atoms with E-state index in [-0.39, 0.29) is 0 Å². The summed E-state index contributed by atoms with van der Waals surface area (Å²) in [5.41, 5.74) is 1.58. The van der Waals surface area contributed by atoms with Crippen LogP contribution in [-0.4, -0.2) is 6.54 Å². The van der Waals surface area contributed by atoms with E-state index >= 15 is 0 Å². The molecule has 1 aliphatic carbocycles. The molecule has 0 aromatic heterocycles. The summed E-state index contributed by atoms with van der Waals surface area (Å²) in [5, 5.41) is 3.22. The lowest BCUT2D eigenvalue weighted by atomic mass is 9.96. The lowest BCUT2D eigenvalue weighted by Gasteiger charge is -2.13. The lowest BCUT2D eigenvalue weighted by Crippen LogP contribution is -2.06. The Kier molecular flexibility index (Phi) is 3.81. The Morgan fingerprint density at radius 1 is 1.27 bits per heavy atom. The molecule has 0 bridgehead atoms. The van der Waals surface area contributed by atoms with Gasteiger partial charge in [-0.05, 0) is 31.9 Å². The van der Waals surface area contributed by atoms with Crippen LogP contribution in [0.1, 0.15) is 32.1 Å². The van der Waals surface area contributed by atoms with Crippen molar-refractivity contribution in [2.45, 2.75) is 32.1 Å². The molecule has 0 heterocycles. The third kappa shape index (κ3) is 3.26. The molecule has 0 radical (unpaired) electrons. The van der Waals surface area contributed by atoms with Crippen LogP contribution in [0.4, 0.5) is 0 Å². The average Bonchev–Trinajstić information content (AvgIpc) is 2.07. The zero-order chi connectivity index (χ0) is 7.94. The first-order valence-corrected chi connectivity index (χ1v) is 4.45. The van der Waals surface area contributed by atoms with Crippen LogP contribution in [0.25, 0.3) is 0 Å². The molecule has 1 fully saturated rings. The van der Waals surface area contributed by atoms with E-state index in [1.54, 1.807) is 5.57 Å². The van der Waals surface area contributed by atoms with Crippen LogP contribution in [0.15, 0.2) is 24.4 Å². The van der Waals surface area contributed by atoms with Crippen molar-refractivity contribution in [3.63, 3.8) is 0 Å². The average molecular weight is 151 g/mol. The first kappa shape index (κ1) is 8.38. The van der Waals surface area contributed by atoms with Crippen LogP contribution in [0, 0.1) is 0 Å². The van der Waals surface area contributed by atoms with E-state index in [9.17, 15) is 0 Å². The van der Waals surface area contributed by atoms with E-state index in [4.69, 9.17) is 0 Å². The van der Waals surface area contributed by atoms with Crippen LogP contribution in [-0.2, 0) is 0 Å². The molecule has 1 heteroatoms. The Balaban J connectivity index is 2.20. The van der Waals surface area contributed by atoms with Crippen molar-refractivity contribution < 1.29 is 0 Å². The largest absolute Gasteiger partial charge is 0.387 e. The maximum absolute atomic E-state index is 3.65. The van der Waals surface area contributed by atoms with Crippen LogP contribution in [0.3, 0.4) is 0 Å². The van der Waals surface area contributed by atoms with Crippen molar-refractivity contribution in [1.29, 1.82) is 0 Å². The highest BCUT2D eigenvalue weighted by Gasteiger charge is 2.03. The van der Waals surface area contributed by atoms with E-state index in [0.29, 0.717) is 0 Å². The summed E-state index contributed by atoms with van der Waals surface area (Å²) in [5.74, 6) is 0. The van der Waals surface area contributed by atoms with Gasteiger partial charge < -0.3 is 5.32 Å². The van der Waals surface area contributed by atoms with Gasteiger partial charge >= 0.3 is 0 Å². The predicted molar refractivity (Wildman–Crippen MR) is 49.4 cm³/mol. The third-order valence-corrected chi connectivity index (χ3v) is 2.06. The Hall–Kier alpha value is -0.720. The summed E-state index contributed by atoms with van der Waals surface area (Å²) >= 11 is 0. The molecule has 0 atom stereocenters. The first-order valence-electron chi connectivity index (χ1n) is 4.45. The summed E-state index contributed by atoms with van der Waals surface area (Å²) < 4.78 is 0. The molecule has 1 nitrogen and oxygen atoms in total. The van der Waals surface area contributed by atoms with Crippen LogP contribution in [0.2, 0.25) is 0 Å². The van der Waals surface area contributed by atoms with Crippen LogP contribution >= 0.6 is 0 Å². The summed E-state index contributed by atoms with van der Waals surface area (Å²) in [6, 6.07) is 0. The molecule has 0 aliphatic heterocycles. The molecule has 11 heavy (non-hydrogen) atoms. The van der Waals surface area contributed by atoms with Crippen molar-refractivity contribution in [3.05, 3.63) is 24.4 Å². The molecule has 1 N–H and O–H groups in total. The van der Waals surface area contributed by atoms with Gasteiger partial charge in [-0.3, -0.25) is 0 Å². The molecule has 0 amide bonds. The van der Waals surface area contributed by atoms with Gasteiger partial charge in [0.1, 0.15) is 0 Å². The highest BCUT2D eigenvalue weighted by molar-refractivity contribution is 5.03. The van der Waals surface area contributed by atoms with Crippen LogP contribution < -0.4 is 5.32 Å². The molecule has 0 aromatic carbocycles. The Morgan fingerprint density at radius 3 is 2.64 bits per heavy atom. The van der Waals surface area contributed by atoms with Crippen molar-refractivity contribution in [2.24, 2.45) is 0 Å². The number of allylic oxidation sites excluding steroid dienone is 1. The second kappa shape index (κ2) is 5.00. The maximum Gasteiger partial charge on any atom is 0.0322 e. The summed E-state index contributed by atoms with van der Waals surface area (Å²) in [7, 11) is 0. The SMILES string of the molecule is C=CCNC=C1CCCCC1. The van der Waals surface area contributed by atoms with E-state index in [0.717, 1.165) is 6.54 Å². The minimum Gasteiger partial charge on any atom is -0.387 e. The summed E-state index contributed by atoms with van der Waals surface area (Å²) in [6.45, 7) is 4.54. The summed E-state index contributed by atoms with van der Waals surface area (Å²) in [4.78, 5) is 0. The predicted octanol–water partition coefficient (Wildman–Crippen LogP) is 2.61. The van der Waals surface area contributed by atoms with E-state index in [1.807, 2.05) is 6.08 Å². The number of hydrogen-bond donors (Lipinski definition) is 1. The van der Waals surface area contributed by atoms with Crippen LogP contribution in [0.5, 0.6) is 0 Å². The van der Waals surface area contributed by atoms with E-state index in [2.05, 4.69) is 18.1 Å². The second-order valence-electron chi connectivity index (χ2n) is 3.06. The monoisotopic (exact) mass is 151 g/mol. The fourth-order valence-electron chi connectivity index (χ4n) is 1.44. The molecule has 0 aromatic rings. The molecular formula is C10H17N. The number of hydrogen-bond acceptors (Lipinski definition) is 1. The Labute approximate surface area is 69.2 Å². The molecular weight excluding hydrogens is 134 g/mol. The van der Waals surface area contributed by atoms with Gasteiger partial charge in [0.25, 0.3) is 0 Å². The smallest absolute Gasteiger partial charge is 0.0322 e. The van der Waals surface area contributed by atoms with Gasteiger partial charge in [0.2, 0.25) is 0 Å². The van der Waals surface area contributed by atoms with Gasteiger partial charge in [-0.15, -0.1) is 6.58 Å².